The summed E-state index contributed by atoms with van der Waals surface area (Å²) < 4.78 is 10.9. The SMILES string of the molecule is CC(=O)c1cccc(OC(=O)COc2ccccc2-c2ccccc2)c1. The molecule has 0 unspecified atom stereocenters. The van der Waals surface area contributed by atoms with Crippen LogP contribution in [0.25, 0.3) is 11.1 Å². The zero-order chi connectivity index (χ0) is 18.4. The first-order valence-electron chi connectivity index (χ1n) is 8.22. The van der Waals surface area contributed by atoms with E-state index in [9.17, 15) is 9.59 Å². The Morgan fingerprint density at radius 2 is 1.58 bits per heavy atom. The van der Waals surface area contributed by atoms with E-state index in [0.29, 0.717) is 17.1 Å². The lowest BCUT2D eigenvalue weighted by Gasteiger charge is -2.11. The highest BCUT2D eigenvalue weighted by molar-refractivity contribution is 5.94. The number of Topliss-reactive ketones (excluding diaryl/α,β-unsaturated/α-hetero) is 1. The van der Waals surface area contributed by atoms with Gasteiger partial charge in [0.15, 0.2) is 12.4 Å². The highest BCUT2D eigenvalue weighted by atomic mass is 16.6. The molecular formula is C22H18O4. The first-order chi connectivity index (χ1) is 12.6. The van der Waals surface area contributed by atoms with Crippen LogP contribution in [0.15, 0.2) is 78.9 Å². The number of hydrogen-bond acceptors (Lipinski definition) is 4. The molecule has 3 aromatic rings. The van der Waals surface area contributed by atoms with Crippen LogP contribution >= 0.6 is 0 Å². The van der Waals surface area contributed by atoms with Gasteiger partial charge in [0.2, 0.25) is 0 Å². The van der Waals surface area contributed by atoms with Gasteiger partial charge in [0.25, 0.3) is 0 Å². The lowest BCUT2D eigenvalue weighted by molar-refractivity contribution is -0.136. The highest BCUT2D eigenvalue weighted by Gasteiger charge is 2.11. The smallest absolute Gasteiger partial charge is 0.349 e. The van der Waals surface area contributed by atoms with Crippen molar-refractivity contribution in [3.8, 4) is 22.6 Å². The Kier molecular flexibility index (Phi) is 5.44. The van der Waals surface area contributed by atoms with Gasteiger partial charge in [-0.15, -0.1) is 0 Å². The number of benzene rings is 3. The number of carbonyl (C=O) groups is 2. The Bertz CT molecular complexity index is 916. The first kappa shape index (κ1) is 17.4. The van der Waals surface area contributed by atoms with Gasteiger partial charge in [-0.05, 0) is 30.7 Å². The number of para-hydroxylation sites is 1. The number of ketones is 1. The molecule has 130 valence electrons. The van der Waals surface area contributed by atoms with E-state index in [1.807, 2.05) is 54.6 Å². The molecule has 0 aliphatic carbocycles. The predicted octanol–water partition coefficient (Wildman–Crippen LogP) is 4.54. The number of esters is 1. The molecule has 0 fully saturated rings. The number of ether oxygens (including phenoxy) is 2. The summed E-state index contributed by atoms with van der Waals surface area (Å²) in [5, 5.41) is 0. The van der Waals surface area contributed by atoms with Crippen LogP contribution in [-0.2, 0) is 4.79 Å². The van der Waals surface area contributed by atoms with Crippen molar-refractivity contribution in [3.63, 3.8) is 0 Å². The topological polar surface area (TPSA) is 52.6 Å². The molecule has 0 saturated carbocycles. The fourth-order valence-electron chi connectivity index (χ4n) is 2.52. The molecule has 0 atom stereocenters. The van der Waals surface area contributed by atoms with Crippen LogP contribution in [-0.4, -0.2) is 18.4 Å². The van der Waals surface area contributed by atoms with Gasteiger partial charge in [-0.3, -0.25) is 4.79 Å². The third-order valence-electron chi connectivity index (χ3n) is 3.79. The van der Waals surface area contributed by atoms with Crippen LogP contribution in [0.4, 0.5) is 0 Å². The number of hydrogen-bond donors (Lipinski definition) is 0. The molecular weight excluding hydrogens is 328 g/mol. The zero-order valence-corrected chi connectivity index (χ0v) is 14.3. The van der Waals surface area contributed by atoms with Gasteiger partial charge in [0.1, 0.15) is 11.5 Å². The van der Waals surface area contributed by atoms with E-state index in [1.54, 1.807) is 18.2 Å². The molecule has 0 N–H and O–H groups in total. The molecule has 0 amide bonds. The Morgan fingerprint density at radius 1 is 0.846 bits per heavy atom. The summed E-state index contributed by atoms with van der Waals surface area (Å²) >= 11 is 0. The van der Waals surface area contributed by atoms with Gasteiger partial charge in [-0.25, -0.2) is 4.79 Å². The lowest BCUT2D eigenvalue weighted by atomic mass is 10.1. The second kappa shape index (κ2) is 8.12. The summed E-state index contributed by atoms with van der Waals surface area (Å²) in [5.74, 6) is 0.306. The molecule has 4 heteroatoms. The minimum absolute atomic E-state index is 0.0871. The van der Waals surface area contributed by atoms with Crippen molar-refractivity contribution in [1.29, 1.82) is 0 Å². The predicted molar refractivity (Wildman–Crippen MR) is 99.5 cm³/mol. The Balaban J connectivity index is 1.67. The second-order valence-electron chi connectivity index (χ2n) is 5.71. The van der Waals surface area contributed by atoms with Gasteiger partial charge in [-0.1, -0.05) is 60.7 Å². The number of rotatable bonds is 6. The van der Waals surface area contributed by atoms with Crippen molar-refractivity contribution in [2.45, 2.75) is 6.92 Å². The largest absolute Gasteiger partial charge is 0.481 e. The molecule has 0 aliphatic rings. The van der Waals surface area contributed by atoms with Crippen LogP contribution in [0.5, 0.6) is 11.5 Å². The molecule has 0 bridgehead atoms. The summed E-state index contributed by atoms with van der Waals surface area (Å²) in [5.41, 5.74) is 2.40. The maximum absolute atomic E-state index is 12.1. The van der Waals surface area contributed by atoms with Crippen molar-refractivity contribution in [3.05, 3.63) is 84.4 Å². The second-order valence-corrected chi connectivity index (χ2v) is 5.71. The van der Waals surface area contributed by atoms with E-state index in [2.05, 4.69) is 0 Å². The van der Waals surface area contributed by atoms with E-state index in [4.69, 9.17) is 9.47 Å². The van der Waals surface area contributed by atoms with E-state index in [-0.39, 0.29) is 12.4 Å². The fraction of sp³-hybridized carbons (Fsp3) is 0.0909. The number of carbonyl (C=O) groups excluding carboxylic acids is 2. The molecule has 3 rings (SSSR count). The Labute approximate surface area is 152 Å². The van der Waals surface area contributed by atoms with Crippen molar-refractivity contribution in [1.82, 2.24) is 0 Å². The van der Waals surface area contributed by atoms with Crippen LogP contribution in [0, 0.1) is 0 Å². The maximum atomic E-state index is 12.1. The summed E-state index contributed by atoms with van der Waals surface area (Å²) in [6.07, 6.45) is 0. The first-order valence-corrected chi connectivity index (χ1v) is 8.22. The summed E-state index contributed by atoms with van der Waals surface area (Å²) in [6.45, 7) is 1.23. The van der Waals surface area contributed by atoms with Gasteiger partial charge in [0.05, 0.1) is 0 Å². The fourth-order valence-corrected chi connectivity index (χ4v) is 2.52. The van der Waals surface area contributed by atoms with E-state index in [1.165, 1.54) is 13.0 Å². The lowest BCUT2D eigenvalue weighted by Crippen LogP contribution is -2.18. The molecule has 0 aliphatic heterocycles. The molecule has 4 nitrogen and oxygen atoms in total. The summed E-state index contributed by atoms with van der Waals surface area (Å²) in [4.78, 5) is 23.5. The molecule has 3 aromatic carbocycles. The maximum Gasteiger partial charge on any atom is 0.349 e. The highest BCUT2D eigenvalue weighted by Crippen LogP contribution is 2.29. The van der Waals surface area contributed by atoms with Crippen molar-refractivity contribution < 1.29 is 19.1 Å². The van der Waals surface area contributed by atoms with Crippen molar-refractivity contribution in [2.75, 3.05) is 6.61 Å². The standard InChI is InChI=1S/C22H18O4/c1-16(23)18-10-7-11-19(14-18)26-22(24)15-25-21-13-6-5-12-20(21)17-8-3-2-4-9-17/h2-14H,15H2,1H3. The quantitative estimate of drug-likeness (QED) is 0.373. The molecule has 0 heterocycles. The van der Waals surface area contributed by atoms with Crippen molar-refractivity contribution in [2.24, 2.45) is 0 Å². The molecule has 0 aromatic heterocycles. The summed E-state index contributed by atoms with van der Waals surface area (Å²) in [6, 6.07) is 23.8. The molecule has 26 heavy (non-hydrogen) atoms. The van der Waals surface area contributed by atoms with Crippen LogP contribution in [0.2, 0.25) is 0 Å². The minimum Gasteiger partial charge on any atom is -0.481 e. The average molecular weight is 346 g/mol. The van der Waals surface area contributed by atoms with Crippen molar-refractivity contribution >= 4 is 11.8 Å². The molecule has 0 saturated heterocycles. The third-order valence-corrected chi connectivity index (χ3v) is 3.79. The summed E-state index contributed by atoms with van der Waals surface area (Å²) in [7, 11) is 0. The van der Waals surface area contributed by atoms with Gasteiger partial charge in [-0.2, -0.15) is 0 Å². The monoisotopic (exact) mass is 346 g/mol. The van der Waals surface area contributed by atoms with Gasteiger partial charge >= 0.3 is 5.97 Å². The molecule has 0 spiro atoms. The Morgan fingerprint density at radius 3 is 2.35 bits per heavy atom. The Hall–Kier alpha value is -3.40. The molecule has 0 radical (unpaired) electrons. The van der Waals surface area contributed by atoms with Gasteiger partial charge < -0.3 is 9.47 Å². The van der Waals surface area contributed by atoms with Crippen LogP contribution < -0.4 is 9.47 Å². The van der Waals surface area contributed by atoms with Crippen LogP contribution in [0.1, 0.15) is 17.3 Å². The van der Waals surface area contributed by atoms with Crippen LogP contribution in [0.3, 0.4) is 0 Å². The zero-order valence-electron chi connectivity index (χ0n) is 14.3. The van der Waals surface area contributed by atoms with E-state index >= 15 is 0 Å². The average Bonchev–Trinajstić information content (AvgIpc) is 2.67. The van der Waals surface area contributed by atoms with Gasteiger partial charge in [0, 0.05) is 11.1 Å². The van der Waals surface area contributed by atoms with E-state index in [0.717, 1.165) is 11.1 Å². The van der Waals surface area contributed by atoms with E-state index < -0.39 is 5.97 Å². The normalized spacial score (nSPS) is 10.2. The minimum atomic E-state index is -0.534. The third kappa shape index (κ3) is 4.36.